The van der Waals surface area contributed by atoms with Gasteiger partial charge in [0.05, 0.1) is 5.75 Å². The zero-order chi connectivity index (χ0) is 17.2. The number of amides is 1. The molecule has 1 N–H and O–H groups in total. The van der Waals surface area contributed by atoms with Crippen LogP contribution in [-0.2, 0) is 26.9 Å². The minimum atomic E-state index is -3.08. The van der Waals surface area contributed by atoms with Crippen LogP contribution in [0.4, 0.5) is 0 Å². The standard InChI is InChI=1S/C18H19NO4S/c1-24(21,22)12-14-6-4-5-13(9-14)10-19-18(20)16-11-23-17-8-3-2-7-15(16)17/h2-9,16H,10-12H2,1H3,(H,19,20). The van der Waals surface area contributed by atoms with Gasteiger partial charge in [-0.15, -0.1) is 0 Å². The molecular weight excluding hydrogens is 326 g/mol. The molecule has 0 bridgehead atoms. The van der Waals surface area contributed by atoms with Crippen LogP contribution in [-0.4, -0.2) is 27.2 Å². The summed E-state index contributed by atoms with van der Waals surface area (Å²) in [5.74, 6) is 0.361. The first-order chi connectivity index (χ1) is 11.4. The van der Waals surface area contributed by atoms with Gasteiger partial charge in [-0.05, 0) is 17.2 Å². The highest BCUT2D eigenvalue weighted by Gasteiger charge is 2.29. The largest absolute Gasteiger partial charge is 0.492 e. The van der Waals surface area contributed by atoms with Gasteiger partial charge in [-0.1, -0.05) is 42.5 Å². The fraction of sp³-hybridized carbons (Fsp3) is 0.278. The second-order valence-electron chi connectivity index (χ2n) is 6.01. The molecule has 3 rings (SSSR count). The minimum absolute atomic E-state index is 0.00136. The van der Waals surface area contributed by atoms with Crippen LogP contribution in [0.5, 0.6) is 5.75 Å². The third kappa shape index (κ3) is 3.94. The van der Waals surface area contributed by atoms with Crippen molar-refractivity contribution in [3.8, 4) is 5.75 Å². The molecule has 5 nitrogen and oxygen atoms in total. The van der Waals surface area contributed by atoms with E-state index in [4.69, 9.17) is 4.74 Å². The van der Waals surface area contributed by atoms with Crippen LogP contribution in [0.1, 0.15) is 22.6 Å². The predicted octanol–water partition coefficient (Wildman–Crippen LogP) is 2.02. The van der Waals surface area contributed by atoms with Gasteiger partial charge in [0.15, 0.2) is 9.84 Å². The smallest absolute Gasteiger partial charge is 0.231 e. The lowest BCUT2D eigenvalue weighted by atomic mass is 10.0. The van der Waals surface area contributed by atoms with Crippen LogP contribution >= 0.6 is 0 Å². The van der Waals surface area contributed by atoms with E-state index in [1.807, 2.05) is 30.3 Å². The normalized spacial score (nSPS) is 16.3. The summed E-state index contributed by atoms with van der Waals surface area (Å²) >= 11 is 0. The van der Waals surface area contributed by atoms with E-state index in [1.165, 1.54) is 6.26 Å². The molecule has 0 aromatic heterocycles. The fourth-order valence-electron chi connectivity index (χ4n) is 2.82. The van der Waals surface area contributed by atoms with Crippen LogP contribution < -0.4 is 10.1 Å². The molecule has 0 radical (unpaired) electrons. The summed E-state index contributed by atoms with van der Waals surface area (Å²) in [6, 6.07) is 14.8. The van der Waals surface area contributed by atoms with E-state index in [2.05, 4.69) is 5.32 Å². The number of fused-ring (bicyclic) bond motifs is 1. The Morgan fingerprint density at radius 3 is 2.71 bits per heavy atom. The molecule has 0 fully saturated rings. The lowest BCUT2D eigenvalue weighted by molar-refractivity contribution is -0.122. The number of hydrogen-bond acceptors (Lipinski definition) is 4. The quantitative estimate of drug-likeness (QED) is 0.900. The van der Waals surface area contributed by atoms with Gasteiger partial charge >= 0.3 is 0 Å². The second-order valence-corrected chi connectivity index (χ2v) is 8.15. The van der Waals surface area contributed by atoms with Crippen molar-refractivity contribution >= 4 is 15.7 Å². The molecule has 2 aromatic rings. The first kappa shape index (κ1) is 16.5. The van der Waals surface area contributed by atoms with E-state index >= 15 is 0 Å². The number of ether oxygens (including phenoxy) is 1. The lowest BCUT2D eigenvalue weighted by Crippen LogP contribution is -2.29. The van der Waals surface area contributed by atoms with E-state index in [0.29, 0.717) is 13.2 Å². The van der Waals surface area contributed by atoms with Crippen molar-refractivity contribution in [3.05, 3.63) is 65.2 Å². The van der Waals surface area contributed by atoms with Gasteiger partial charge in [-0.25, -0.2) is 8.42 Å². The van der Waals surface area contributed by atoms with Gasteiger partial charge in [-0.3, -0.25) is 4.79 Å². The van der Waals surface area contributed by atoms with E-state index in [1.54, 1.807) is 18.2 Å². The van der Waals surface area contributed by atoms with Gasteiger partial charge in [0.2, 0.25) is 5.91 Å². The van der Waals surface area contributed by atoms with Crippen LogP contribution in [0.25, 0.3) is 0 Å². The summed E-state index contributed by atoms with van der Waals surface area (Å²) in [5, 5.41) is 2.90. The van der Waals surface area contributed by atoms with E-state index in [-0.39, 0.29) is 17.6 Å². The Morgan fingerprint density at radius 2 is 1.92 bits per heavy atom. The van der Waals surface area contributed by atoms with Gasteiger partial charge in [0.25, 0.3) is 0 Å². The number of carbonyl (C=O) groups is 1. The van der Waals surface area contributed by atoms with Gasteiger partial charge in [0.1, 0.15) is 18.3 Å². The van der Waals surface area contributed by atoms with Crippen LogP contribution in [0.3, 0.4) is 0 Å². The Bertz CT molecular complexity index is 861. The van der Waals surface area contributed by atoms with Crippen molar-refractivity contribution in [2.45, 2.75) is 18.2 Å². The van der Waals surface area contributed by atoms with Crippen LogP contribution in [0, 0.1) is 0 Å². The first-order valence-corrected chi connectivity index (χ1v) is 9.73. The molecule has 1 atom stereocenters. The zero-order valence-electron chi connectivity index (χ0n) is 13.4. The monoisotopic (exact) mass is 345 g/mol. The summed E-state index contributed by atoms with van der Waals surface area (Å²) in [7, 11) is -3.08. The molecule has 0 saturated carbocycles. The van der Waals surface area contributed by atoms with Crippen molar-refractivity contribution in [1.82, 2.24) is 5.32 Å². The summed E-state index contributed by atoms with van der Waals surface area (Å²) in [6.07, 6.45) is 1.21. The molecule has 0 saturated heterocycles. The van der Waals surface area contributed by atoms with E-state index < -0.39 is 9.84 Å². The Labute approximate surface area is 141 Å². The molecule has 126 valence electrons. The Balaban J connectivity index is 1.64. The molecule has 0 spiro atoms. The van der Waals surface area contributed by atoms with Crippen molar-refractivity contribution in [2.24, 2.45) is 0 Å². The summed E-state index contributed by atoms with van der Waals surface area (Å²) in [4.78, 5) is 12.4. The van der Waals surface area contributed by atoms with Gasteiger partial charge in [0, 0.05) is 18.4 Å². The van der Waals surface area contributed by atoms with Crippen LogP contribution in [0.2, 0.25) is 0 Å². The lowest BCUT2D eigenvalue weighted by Gasteiger charge is -2.11. The van der Waals surface area contributed by atoms with Crippen molar-refractivity contribution in [2.75, 3.05) is 12.9 Å². The second kappa shape index (κ2) is 6.65. The molecular formula is C18H19NO4S. The topological polar surface area (TPSA) is 72.5 Å². The maximum absolute atomic E-state index is 12.4. The van der Waals surface area contributed by atoms with Gasteiger partial charge < -0.3 is 10.1 Å². The average molecular weight is 345 g/mol. The Morgan fingerprint density at radius 1 is 1.17 bits per heavy atom. The maximum atomic E-state index is 12.4. The highest BCUT2D eigenvalue weighted by molar-refractivity contribution is 7.89. The number of rotatable bonds is 5. The Kier molecular flexibility index (Phi) is 4.57. The number of carbonyl (C=O) groups excluding carboxylic acids is 1. The van der Waals surface area contributed by atoms with Crippen LogP contribution in [0.15, 0.2) is 48.5 Å². The van der Waals surface area contributed by atoms with Crippen molar-refractivity contribution < 1.29 is 17.9 Å². The predicted molar refractivity (Wildman–Crippen MR) is 91.5 cm³/mol. The molecule has 1 aliphatic rings. The van der Waals surface area contributed by atoms with Crippen molar-refractivity contribution in [3.63, 3.8) is 0 Å². The van der Waals surface area contributed by atoms with E-state index in [9.17, 15) is 13.2 Å². The third-order valence-electron chi connectivity index (χ3n) is 3.90. The minimum Gasteiger partial charge on any atom is -0.492 e. The molecule has 1 amide bonds. The number of benzene rings is 2. The van der Waals surface area contributed by atoms with E-state index in [0.717, 1.165) is 22.4 Å². The first-order valence-electron chi connectivity index (χ1n) is 7.67. The molecule has 2 aromatic carbocycles. The van der Waals surface area contributed by atoms with Crippen molar-refractivity contribution in [1.29, 1.82) is 0 Å². The SMILES string of the molecule is CS(=O)(=O)Cc1cccc(CNC(=O)C2COc3ccccc32)c1. The number of hydrogen-bond donors (Lipinski definition) is 1. The average Bonchev–Trinajstić information content (AvgIpc) is 2.95. The van der Waals surface area contributed by atoms with Gasteiger partial charge in [-0.2, -0.15) is 0 Å². The number of sulfone groups is 1. The molecule has 1 heterocycles. The highest BCUT2D eigenvalue weighted by atomic mass is 32.2. The summed E-state index contributed by atoms with van der Waals surface area (Å²) < 4.78 is 28.3. The Hall–Kier alpha value is -2.34. The summed E-state index contributed by atoms with van der Waals surface area (Å²) in [6.45, 7) is 0.703. The maximum Gasteiger partial charge on any atom is 0.231 e. The summed E-state index contributed by atoms with van der Waals surface area (Å²) in [5.41, 5.74) is 2.50. The zero-order valence-corrected chi connectivity index (χ0v) is 14.2. The molecule has 24 heavy (non-hydrogen) atoms. The molecule has 6 heteroatoms. The number of nitrogens with one attached hydrogen (secondary N) is 1. The number of para-hydroxylation sites is 1. The molecule has 1 unspecified atom stereocenters. The fourth-order valence-corrected chi connectivity index (χ4v) is 3.61. The highest BCUT2D eigenvalue weighted by Crippen LogP contribution is 2.33. The molecule has 1 aliphatic heterocycles. The third-order valence-corrected chi connectivity index (χ3v) is 4.76. The molecule has 0 aliphatic carbocycles.